The number of hydrogen-bond acceptors (Lipinski definition) is 3. The van der Waals surface area contributed by atoms with E-state index in [4.69, 9.17) is 0 Å². The fourth-order valence-corrected chi connectivity index (χ4v) is 2.47. The molecule has 0 bridgehead atoms. The Hall–Kier alpha value is -1.36. The zero-order valence-corrected chi connectivity index (χ0v) is 11.4. The highest BCUT2D eigenvalue weighted by Crippen LogP contribution is 2.30. The molecular weight excluding hydrogens is 250 g/mol. The largest absolute Gasteiger partial charge is 0.434 e. The molecule has 2 rings (SSSR count). The first-order valence-electron chi connectivity index (χ1n) is 6.63. The minimum atomic E-state index is -2.77. The van der Waals surface area contributed by atoms with E-state index >= 15 is 0 Å². The topological polar surface area (TPSA) is 15.7 Å². The summed E-state index contributed by atoms with van der Waals surface area (Å²) in [6, 6.07) is 5.33. The van der Waals surface area contributed by atoms with Crippen molar-refractivity contribution in [3.8, 4) is 5.75 Å². The van der Waals surface area contributed by atoms with Crippen LogP contribution in [0.5, 0.6) is 5.75 Å². The lowest BCUT2D eigenvalue weighted by Gasteiger charge is -2.36. The lowest BCUT2D eigenvalue weighted by Crippen LogP contribution is -2.46. The van der Waals surface area contributed by atoms with Crippen molar-refractivity contribution >= 4 is 5.69 Å². The summed E-state index contributed by atoms with van der Waals surface area (Å²) in [5.41, 5.74) is 1.78. The van der Waals surface area contributed by atoms with Crippen LogP contribution in [0.1, 0.15) is 12.5 Å². The Balaban J connectivity index is 2.12. The average Bonchev–Trinajstić information content (AvgIpc) is 2.41. The van der Waals surface area contributed by atoms with Crippen LogP contribution in [0.2, 0.25) is 0 Å². The summed E-state index contributed by atoms with van der Waals surface area (Å²) >= 11 is 0. The van der Waals surface area contributed by atoms with Gasteiger partial charge >= 0.3 is 6.61 Å². The molecule has 1 aliphatic rings. The Bertz CT molecular complexity index is 418. The number of rotatable bonds is 4. The number of piperazine rings is 1. The molecular formula is C14H20F2N2O. The Morgan fingerprint density at radius 3 is 2.47 bits per heavy atom. The molecule has 1 aliphatic heterocycles. The second-order valence-corrected chi connectivity index (χ2v) is 4.70. The van der Waals surface area contributed by atoms with Gasteiger partial charge in [-0.05, 0) is 25.6 Å². The van der Waals surface area contributed by atoms with Crippen molar-refractivity contribution in [2.24, 2.45) is 0 Å². The first kappa shape index (κ1) is 14.1. The highest BCUT2D eigenvalue weighted by molar-refractivity contribution is 5.59. The smallest absolute Gasteiger partial charge is 0.387 e. The fraction of sp³-hybridized carbons (Fsp3) is 0.571. The first-order chi connectivity index (χ1) is 9.11. The number of nitrogens with zero attached hydrogens (tertiary/aromatic N) is 2. The van der Waals surface area contributed by atoms with Crippen molar-refractivity contribution in [3.63, 3.8) is 0 Å². The van der Waals surface area contributed by atoms with Crippen LogP contribution in [0.15, 0.2) is 18.2 Å². The van der Waals surface area contributed by atoms with Crippen molar-refractivity contribution in [1.29, 1.82) is 0 Å². The van der Waals surface area contributed by atoms with E-state index in [-0.39, 0.29) is 5.75 Å². The van der Waals surface area contributed by atoms with E-state index < -0.39 is 6.61 Å². The lowest BCUT2D eigenvalue weighted by molar-refractivity contribution is -0.0502. The SMILES string of the molecule is CCN1CCN(c2cccc(OC(F)F)c2C)CC1. The molecule has 0 aromatic heterocycles. The average molecular weight is 270 g/mol. The van der Waals surface area contributed by atoms with Gasteiger partial charge in [-0.3, -0.25) is 0 Å². The molecule has 0 N–H and O–H groups in total. The lowest BCUT2D eigenvalue weighted by atomic mass is 10.1. The first-order valence-corrected chi connectivity index (χ1v) is 6.63. The Kier molecular flexibility index (Phi) is 4.58. The molecule has 0 saturated carbocycles. The van der Waals surface area contributed by atoms with Crippen molar-refractivity contribution in [3.05, 3.63) is 23.8 Å². The van der Waals surface area contributed by atoms with Crippen LogP contribution in [-0.4, -0.2) is 44.2 Å². The minimum absolute atomic E-state index is 0.269. The van der Waals surface area contributed by atoms with Crippen LogP contribution in [0, 0.1) is 6.92 Å². The number of ether oxygens (including phenoxy) is 1. The summed E-state index contributed by atoms with van der Waals surface area (Å²) in [4.78, 5) is 4.62. The molecule has 0 aliphatic carbocycles. The second-order valence-electron chi connectivity index (χ2n) is 4.70. The predicted octanol–water partition coefficient (Wildman–Crippen LogP) is 2.74. The quantitative estimate of drug-likeness (QED) is 0.836. The Morgan fingerprint density at radius 2 is 1.89 bits per heavy atom. The number of hydrogen-bond donors (Lipinski definition) is 0. The molecule has 1 fully saturated rings. The molecule has 1 saturated heterocycles. The van der Waals surface area contributed by atoms with Gasteiger partial charge < -0.3 is 14.5 Å². The zero-order valence-electron chi connectivity index (χ0n) is 11.4. The zero-order chi connectivity index (χ0) is 13.8. The monoisotopic (exact) mass is 270 g/mol. The van der Waals surface area contributed by atoms with Crippen LogP contribution in [0.3, 0.4) is 0 Å². The summed E-state index contributed by atoms with van der Waals surface area (Å²) < 4.78 is 29.2. The van der Waals surface area contributed by atoms with E-state index in [0.717, 1.165) is 44.0 Å². The third-order valence-electron chi connectivity index (χ3n) is 3.63. The normalized spacial score (nSPS) is 17.0. The van der Waals surface area contributed by atoms with E-state index in [1.54, 1.807) is 12.1 Å². The summed E-state index contributed by atoms with van der Waals surface area (Å²) in [7, 11) is 0. The molecule has 0 radical (unpaired) electrons. The van der Waals surface area contributed by atoms with Gasteiger partial charge in [-0.1, -0.05) is 13.0 Å². The Labute approximate surface area is 112 Å². The molecule has 19 heavy (non-hydrogen) atoms. The molecule has 1 aromatic carbocycles. The van der Waals surface area contributed by atoms with Crippen LogP contribution in [-0.2, 0) is 0 Å². The maximum atomic E-state index is 12.3. The van der Waals surface area contributed by atoms with Gasteiger partial charge in [-0.25, -0.2) is 0 Å². The summed E-state index contributed by atoms with van der Waals surface area (Å²) in [6.07, 6.45) is 0. The van der Waals surface area contributed by atoms with E-state index in [1.807, 2.05) is 13.0 Å². The fourth-order valence-electron chi connectivity index (χ4n) is 2.47. The third kappa shape index (κ3) is 3.35. The predicted molar refractivity (Wildman–Crippen MR) is 72.1 cm³/mol. The van der Waals surface area contributed by atoms with Crippen molar-refractivity contribution < 1.29 is 13.5 Å². The molecule has 0 atom stereocenters. The van der Waals surface area contributed by atoms with Crippen molar-refractivity contribution in [2.45, 2.75) is 20.5 Å². The van der Waals surface area contributed by atoms with Gasteiger partial charge in [0, 0.05) is 37.4 Å². The standard InChI is InChI=1S/C14H20F2N2O/c1-3-17-7-9-18(10-8-17)12-5-4-6-13(11(12)2)19-14(15)16/h4-6,14H,3,7-10H2,1-2H3. The summed E-state index contributed by atoms with van der Waals surface area (Å²) in [5, 5.41) is 0. The van der Waals surface area contributed by atoms with Crippen molar-refractivity contribution in [1.82, 2.24) is 4.90 Å². The van der Waals surface area contributed by atoms with E-state index in [2.05, 4.69) is 21.5 Å². The highest BCUT2D eigenvalue weighted by atomic mass is 19.3. The van der Waals surface area contributed by atoms with Gasteiger partial charge in [-0.2, -0.15) is 8.78 Å². The minimum Gasteiger partial charge on any atom is -0.434 e. The maximum absolute atomic E-state index is 12.3. The number of benzene rings is 1. The third-order valence-corrected chi connectivity index (χ3v) is 3.63. The second kappa shape index (κ2) is 6.19. The molecule has 5 heteroatoms. The van der Waals surface area contributed by atoms with Gasteiger partial charge in [0.05, 0.1) is 0 Å². The van der Waals surface area contributed by atoms with E-state index in [1.165, 1.54) is 0 Å². The molecule has 0 spiro atoms. The van der Waals surface area contributed by atoms with Gasteiger partial charge in [0.15, 0.2) is 0 Å². The van der Waals surface area contributed by atoms with Gasteiger partial charge in [0.2, 0.25) is 0 Å². The van der Waals surface area contributed by atoms with Crippen LogP contribution in [0.4, 0.5) is 14.5 Å². The van der Waals surface area contributed by atoms with E-state index in [0.29, 0.717) is 0 Å². The number of anilines is 1. The van der Waals surface area contributed by atoms with Gasteiger partial charge in [-0.15, -0.1) is 0 Å². The maximum Gasteiger partial charge on any atom is 0.387 e. The van der Waals surface area contributed by atoms with Gasteiger partial charge in [0.25, 0.3) is 0 Å². The number of alkyl halides is 2. The summed E-state index contributed by atoms with van der Waals surface area (Å²) in [6.45, 7) is 6.13. The van der Waals surface area contributed by atoms with Crippen LogP contribution < -0.4 is 9.64 Å². The molecule has 0 amide bonds. The molecule has 1 aromatic rings. The highest BCUT2D eigenvalue weighted by Gasteiger charge is 2.19. The molecule has 106 valence electrons. The number of likely N-dealkylation sites (N-methyl/N-ethyl adjacent to an activating group) is 1. The van der Waals surface area contributed by atoms with E-state index in [9.17, 15) is 8.78 Å². The molecule has 1 heterocycles. The summed E-state index contributed by atoms with van der Waals surface area (Å²) in [5.74, 6) is 0.269. The van der Waals surface area contributed by atoms with Gasteiger partial charge in [0.1, 0.15) is 5.75 Å². The molecule has 3 nitrogen and oxygen atoms in total. The van der Waals surface area contributed by atoms with Crippen LogP contribution >= 0.6 is 0 Å². The van der Waals surface area contributed by atoms with Crippen LogP contribution in [0.25, 0.3) is 0 Å². The Morgan fingerprint density at radius 1 is 1.21 bits per heavy atom. The van der Waals surface area contributed by atoms with Crippen molar-refractivity contribution in [2.75, 3.05) is 37.6 Å². The molecule has 0 unspecified atom stereocenters. The number of halogens is 2.